The van der Waals surface area contributed by atoms with Crippen LogP contribution < -0.4 is 5.32 Å². The average Bonchev–Trinajstić information content (AvgIpc) is 2.36. The van der Waals surface area contributed by atoms with E-state index in [4.69, 9.17) is 0 Å². The maximum Gasteiger partial charge on any atom is 0.0217 e. The van der Waals surface area contributed by atoms with Gasteiger partial charge >= 0.3 is 0 Å². The molecule has 19 heavy (non-hydrogen) atoms. The molecule has 0 bridgehead atoms. The van der Waals surface area contributed by atoms with Crippen molar-refractivity contribution in [2.24, 2.45) is 11.8 Å². The number of nitrogens with zero attached hydrogens (tertiary/aromatic N) is 1. The summed E-state index contributed by atoms with van der Waals surface area (Å²) in [6, 6.07) is 1.47. The van der Waals surface area contributed by atoms with Gasteiger partial charge in [0.2, 0.25) is 0 Å². The average molecular weight is 268 g/mol. The Morgan fingerprint density at radius 1 is 1.11 bits per heavy atom. The van der Waals surface area contributed by atoms with E-state index in [0.717, 1.165) is 24.4 Å². The molecule has 1 atom stereocenters. The van der Waals surface area contributed by atoms with Crippen LogP contribution in [0.25, 0.3) is 0 Å². The highest BCUT2D eigenvalue weighted by molar-refractivity contribution is 4.80. The third-order valence-electron chi connectivity index (χ3n) is 4.66. The summed E-state index contributed by atoms with van der Waals surface area (Å²) in [6.07, 6.45) is 9.79. The smallest absolute Gasteiger partial charge is 0.0217 e. The van der Waals surface area contributed by atoms with Crippen molar-refractivity contribution in [3.05, 3.63) is 0 Å². The number of nitrogens with one attached hydrogen (secondary N) is 1. The zero-order chi connectivity index (χ0) is 14.3. The second-order valence-electron chi connectivity index (χ2n) is 7.16. The minimum absolute atomic E-state index is 0.688. The van der Waals surface area contributed by atoms with E-state index >= 15 is 0 Å². The van der Waals surface area contributed by atoms with E-state index in [0.29, 0.717) is 6.04 Å². The lowest BCUT2D eigenvalue weighted by molar-refractivity contribution is 0.220. The Bertz CT molecular complexity index is 217. The molecular weight excluding hydrogens is 232 g/mol. The maximum atomic E-state index is 3.83. The number of rotatable bonds is 8. The van der Waals surface area contributed by atoms with Gasteiger partial charge in [0.1, 0.15) is 0 Å². The summed E-state index contributed by atoms with van der Waals surface area (Å²) in [6.45, 7) is 8.13. The molecule has 114 valence electrons. The van der Waals surface area contributed by atoms with Gasteiger partial charge in [0.15, 0.2) is 0 Å². The van der Waals surface area contributed by atoms with Crippen LogP contribution in [0.2, 0.25) is 0 Å². The monoisotopic (exact) mass is 268 g/mol. The fourth-order valence-electron chi connectivity index (χ4n) is 3.39. The maximum absolute atomic E-state index is 3.83. The minimum atomic E-state index is 0.688. The summed E-state index contributed by atoms with van der Waals surface area (Å²) >= 11 is 0. The lowest BCUT2D eigenvalue weighted by Gasteiger charge is -2.32. The fraction of sp³-hybridized carbons (Fsp3) is 1.00. The summed E-state index contributed by atoms with van der Waals surface area (Å²) in [4.78, 5) is 2.38. The van der Waals surface area contributed by atoms with Gasteiger partial charge < -0.3 is 10.2 Å². The van der Waals surface area contributed by atoms with Crippen molar-refractivity contribution in [2.45, 2.75) is 77.8 Å². The molecular formula is C17H36N2. The second kappa shape index (κ2) is 8.97. The van der Waals surface area contributed by atoms with Crippen LogP contribution in [-0.2, 0) is 0 Å². The standard InChI is InChI=1S/C17H36N2/c1-6-7-15-8-10-16(11-9-15)18-13-17(19(4)5)12-14(2)3/h14-18H,6-13H2,1-5H3. The van der Waals surface area contributed by atoms with E-state index in [1.165, 1.54) is 44.9 Å². The molecule has 0 aliphatic heterocycles. The van der Waals surface area contributed by atoms with Crippen molar-refractivity contribution in [3.8, 4) is 0 Å². The number of likely N-dealkylation sites (N-methyl/N-ethyl adjacent to an activating group) is 1. The molecule has 1 rings (SSSR count). The molecule has 0 aromatic rings. The van der Waals surface area contributed by atoms with E-state index < -0.39 is 0 Å². The zero-order valence-corrected chi connectivity index (χ0v) is 13.9. The van der Waals surface area contributed by atoms with E-state index in [-0.39, 0.29) is 0 Å². The third-order valence-corrected chi connectivity index (χ3v) is 4.66. The highest BCUT2D eigenvalue weighted by Gasteiger charge is 2.21. The molecule has 1 saturated carbocycles. The first kappa shape index (κ1) is 17.0. The zero-order valence-electron chi connectivity index (χ0n) is 13.9. The first-order chi connectivity index (χ1) is 9.02. The minimum Gasteiger partial charge on any atom is -0.312 e. The normalized spacial score (nSPS) is 26.1. The fourth-order valence-corrected chi connectivity index (χ4v) is 3.39. The molecule has 0 radical (unpaired) electrons. The Hall–Kier alpha value is -0.0800. The van der Waals surface area contributed by atoms with Gasteiger partial charge in [0.05, 0.1) is 0 Å². The van der Waals surface area contributed by atoms with Gasteiger partial charge in [-0.2, -0.15) is 0 Å². The molecule has 0 saturated heterocycles. The topological polar surface area (TPSA) is 15.3 Å². The largest absolute Gasteiger partial charge is 0.312 e. The van der Waals surface area contributed by atoms with Crippen LogP contribution in [0.5, 0.6) is 0 Å². The van der Waals surface area contributed by atoms with Crippen LogP contribution in [0.3, 0.4) is 0 Å². The predicted octanol–water partition coefficient (Wildman–Crippen LogP) is 3.91. The highest BCUT2D eigenvalue weighted by Crippen LogP contribution is 2.27. The molecule has 0 amide bonds. The molecule has 0 aromatic carbocycles. The first-order valence-corrected chi connectivity index (χ1v) is 8.42. The van der Waals surface area contributed by atoms with Gasteiger partial charge in [-0.25, -0.2) is 0 Å². The predicted molar refractivity (Wildman–Crippen MR) is 85.6 cm³/mol. The molecule has 1 fully saturated rings. The van der Waals surface area contributed by atoms with E-state index in [1.807, 2.05) is 0 Å². The molecule has 0 aromatic heterocycles. The summed E-state index contributed by atoms with van der Waals surface area (Å²) in [5.41, 5.74) is 0. The van der Waals surface area contributed by atoms with Crippen molar-refractivity contribution in [3.63, 3.8) is 0 Å². The van der Waals surface area contributed by atoms with Crippen LogP contribution in [0.15, 0.2) is 0 Å². The van der Waals surface area contributed by atoms with Crippen molar-refractivity contribution >= 4 is 0 Å². The van der Waals surface area contributed by atoms with E-state index in [1.54, 1.807) is 0 Å². The Kier molecular flexibility index (Phi) is 8.01. The van der Waals surface area contributed by atoms with Gasteiger partial charge in [-0.3, -0.25) is 0 Å². The number of hydrogen-bond acceptors (Lipinski definition) is 2. The Morgan fingerprint density at radius 2 is 1.74 bits per heavy atom. The van der Waals surface area contributed by atoms with Gasteiger partial charge in [-0.15, -0.1) is 0 Å². The highest BCUT2D eigenvalue weighted by atomic mass is 15.1. The third kappa shape index (κ3) is 6.76. The van der Waals surface area contributed by atoms with Crippen LogP contribution in [0.4, 0.5) is 0 Å². The van der Waals surface area contributed by atoms with Crippen molar-refractivity contribution in [1.29, 1.82) is 0 Å². The Morgan fingerprint density at radius 3 is 2.21 bits per heavy atom. The van der Waals surface area contributed by atoms with E-state index in [9.17, 15) is 0 Å². The molecule has 1 unspecified atom stereocenters. The molecule has 1 aliphatic carbocycles. The van der Waals surface area contributed by atoms with E-state index in [2.05, 4.69) is 45.1 Å². The van der Waals surface area contributed by atoms with Crippen molar-refractivity contribution in [2.75, 3.05) is 20.6 Å². The Balaban J connectivity index is 2.24. The summed E-state index contributed by atoms with van der Waals surface area (Å²) < 4.78 is 0. The van der Waals surface area contributed by atoms with Crippen molar-refractivity contribution < 1.29 is 0 Å². The van der Waals surface area contributed by atoms with Gasteiger partial charge in [0, 0.05) is 18.6 Å². The molecule has 0 heterocycles. The second-order valence-corrected chi connectivity index (χ2v) is 7.16. The van der Waals surface area contributed by atoms with Crippen LogP contribution >= 0.6 is 0 Å². The van der Waals surface area contributed by atoms with Crippen molar-refractivity contribution in [1.82, 2.24) is 10.2 Å². The molecule has 1 aliphatic rings. The molecule has 2 heteroatoms. The quantitative estimate of drug-likeness (QED) is 0.718. The number of hydrogen-bond donors (Lipinski definition) is 1. The van der Waals surface area contributed by atoms with Crippen LogP contribution in [0.1, 0.15) is 65.7 Å². The Labute approximate surface area is 121 Å². The molecule has 2 nitrogen and oxygen atoms in total. The SMILES string of the molecule is CCCC1CCC(NCC(CC(C)C)N(C)C)CC1. The lowest BCUT2D eigenvalue weighted by Crippen LogP contribution is -2.43. The van der Waals surface area contributed by atoms with Crippen LogP contribution in [-0.4, -0.2) is 37.6 Å². The summed E-state index contributed by atoms with van der Waals surface area (Å²) in [5, 5.41) is 3.83. The van der Waals surface area contributed by atoms with Gasteiger partial charge in [0.25, 0.3) is 0 Å². The lowest BCUT2D eigenvalue weighted by atomic mass is 9.83. The first-order valence-electron chi connectivity index (χ1n) is 8.42. The summed E-state index contributed by atoms with van der Waals surface area (Å²) in [5.74, 6) is 1.80. The van der Waals surface area contributed by atoms with Crippen LogP contribution in [0, 0.1) is 11.8 Å². The van der Waals surface area contributed by atoms with Gasteiger partial charge in [-0.05, 0) is 58.0 Å². The molecule has 0 spiro atoms. The van der Waals surface area contributed by atoms with Gasteiger partial charge in [-0.1, -0.05) is 33.6 Å². The summed E-state index contributed by atoms with van der Waals surface area (Å²) in [7, 11) is 4.43. The molecule has 1 N–H and O–H groups in total.